The van der Waals surface area contributed by atoms with Gasteiger partial charge in [-0.25, -0.2) is 0 Å². The van der Waals surface area contributed by atoms with E-state index in [1.807, 2.05) is 6.92 Å². The highest BCUT2D eigenvalue weighted by atomic mass is 35.5. The van der Waals surface area contributed by atoms with Gasteiger partial charge >= 0.3 is 0 Å². The standard InChI is InChI=1S/C10H18ClNO/c1-9(6-11)7-12-8-10(13-2)4-3-5-10/h6,12H,3-5,7-8H2,1-2H3. The zero-order chi connectivity index (χ0) is 9.73. The van der Waals surface area contributed by atoms with Crippen LogP contribution in [0.15, 0.2) is 11.1 Å². The van der Waals surface area contributed by atoms with Crippen molar-refractivity contribution in [1.29, 1.82) is 0 Å². The summed E-state index contributed by atoms with van der Waals surface area (Å²) in [6, 6.07) is 0. The van der Waals surface area contributed by atoms with Gasteiger partial charge in [0.25, 0.3) is 0 Å². The molecule has 1 aliphatic rings. The Bertz CT molecular complexity index is 182. The molecule has 0 aromatic rings. The molecule has 0 unspecified atom stereocenters. The molecule has 13 heavy (non-hydrogen) atoms. The van der Waals surface area contributed by atoms with Gasteiger partial charge in [0.15, 0.2) is 0 Å². The summed E-state index contributed by atoms with van der Waals surface area (Å²) in [4.78, 5) is 0. The lowest BCUT2D eigenvalue weighted by Gasteiger charge is -2.40. The van der Waals surface area contributed by atoms with Crippen molar-refractivity contribution >= 4 is 11.6 Å². The normalized spacial score (nSPS) is 21.3. The van der Waals surface area contributed by atoms with Crippen molar-refractivity contribution in [2.24, 2.45) is 0 Å². The van der Waals surface area contributed by atoms with Gasteiger partial charge < -0.3 is 10.1 Å². The maximum absolute atomic E-state index is 5.55. The minimum absolute atomic E-state index is 0.118. The molecule has 0 bridgehead atoms. The average molecular weight is 204 g/mol. The molecule has 1 rings (SSSR count). The van der Waals surface area contributed by atoms with Crippen LogP contribution in [0.1, 0.15) is 26.2 Å². The van der Waals surface area contributed by atoms with Crippen LogP contribution < -0.4 is 5.32 Å². The molecule has 0 aliphatic heterocycles. The summed E-state index contributed by atoms with van der Waals surface area (Å²) < 4.78 is 5.47. The summed E-state index contributed by atoms with van der Waals surface area (Å²) >= 11 is 5.55. The maximum Gasteiger partial charge on any atom is 0.0802 e. The third-order valence-electron chi connectivity index (χ3n) is 2.74. The number of methoxy groups -OCH3 is 1. The Morgan fingerprint density at radius 2 is 2.31 bits per heavy atom. The first-order chi connectivity index (χ1) is 6.22. The Balaban J connectivity index is 2.18. The van der Waals surface area contributed by atoms with E-state index in [0.29, 0.717) is 0 Å². The van der Waals surface area contributed by atoms with Gasteiger partial charge in [0.1, 0.15) is 0 Å². The molecule has 3 heteroatoms. The highest BCUT2D eigenvalue weighted by Gasteiger charge is 2.36. The molecule has 0 amide bonds. The van der Waals surface area contributed by atoms with E-state index in [1.54, 1.807) is 12.6 Å². The van der Waals surface area contributed by atoms with Gasteiger partial charge in [-0.1, -0.05) is 11.6 Å². The Hall–Kier alpha value is -0.0500. The number of hydrogen-bond donors (Lipinski definition) is 1. The number of nitrogens with one attached hydrogen (secondary N) is 1. The van der Waals surface area contributed by atoms with Crippen LogP contribution in [0.25, 0.3) is 0 Å². The molecule has 1 fully saturated rings. The molecule has 0 saturated heterocycles. The summed E-state index contributed by atoms with van der Waals surface area (Å²) in [5.74, 6) is 0. The molecule has 0 atom stereocenters. The van der Waals surface area contributed by atoms with Gasteiger partial charge in [-0.15, -0.1) is 0 Å². The molecule has 0 aromatic heterocycles. The van der Waals surface area contributed by atoms with E-state index in [0.717, 1.165) is 18.7 Å². The number of ether oxygens (including phenoxy) is 1. The van der Waals surface area contributed by atoms with Crippen molar-refractivity contribution < 1.29 is 4.74 Å². The molecule has 76 valence electrons. The SMILES string of the molecule is COC1(CNCC(C)=CCl)CCC1. The van der Waals surface area contributed by atoms with E-state index in [4.69, 9.17) is 16.3 Å². The first kappa shape index (κ1) is 11.0. The molecule has 0 radical (unpaired) electrons. The number of halogens is 1. The van der Waals surface area contributed by atoms with Gasteiger partial charge in [-0.05, 0) is 31.8 Å². The Morgan fingerprint density at radius 1 is 1.62 bits per heavy atom. The molecular weight excluding hydrogens is 186 g/mol. The molecule has 2 nitrogen and oxygen atoms in total. The van der Waals surface area contributed by atoms with Crippen LogP contribution in [0.2, 0.25) is 0 Å². The van der Waals surface area contributed by atoms with Crippen LogP contribution >= 0.6 is 11.6 Å². The molecule has 1 aliphatic carbocycles. The topological polar surface area (TPSA) is 21.3 Å². The fraction of sp³-hybridized carbons (Fsp3) is 0.800. The van der Waals surface area contributed by atoms with E-state index >= 15 is 0 Å². The van der Waals surface area contributed by atoms with Crippen LogP contribution in [0.3, 0.4) is 0 Å². The third kappa shape index (κ3) is 2.97. The van der Waals surface area contributed by atoms with E-state index < -0.39 is 0 Å². The Kier molecular flexibility index (Phi) is 4.23. The minimum Gasteiger partial charge on any atom is -0.377 e. The zero-order valence-corrected chi connectivity index (χ0v) is 9.16. The van der Waals surface area contributed by atoms with Gasteiger partial charge in [0.05, 0.1) is 5.60 Å². The van der Waals surface area contributed by atoms with E-state index in [9.17, 15) is 0 Å². The van der Waals surface area contributed by atoms with Gasteiger partial charge in [0, 0.05) is 25.7 Å². The Labute approximate surface area is 85.3 Å². The maximum atomic E-state index is 5.55. The van der Waals surface area contributed by atoms with Gasteiger partial charge in [0.2, 0.25) is 0 Å². The van der Waals surface area contributed by atoms with E-state index in [1.165, 1.54) is 19.3 Å². The lowest BCUT2D eigenvalue weighted by Crippen LogP contribution is -2.48. The molecule has 0 spiro atoms. The second-order valence-corrected chi connectivity index (χ2v) is 4.02. The quantitative estimate of drug-likeness (QED) is 0.741. The summed E-state index contributed by atoms with van der Waals surface area (Å²) in [6.45, 7) is 3.81. The van der Waals surface area contributed by atoms with E-state index in [-0.39, 0.29) is 5.60 Å². The molecule has 1 N–H and O–H groups in total. The van der Waals surface area contributed by atoms with Crippen LogP contribution in [0.4, 0.5) is 0 Å². The van der Waals surface area contributed by atoms with Crippen LogP contribution in [-0.2, 0) is 4.74 Å². The summed E-state index contributed by atoms with van der Waals surface area (Å²) in [5.41, 5.74) is 2.90. The van der Waals surface area contributed by atoms with Crippen molar-refractivity contribution in [3.8, 4) is 0 Å². The largest absolute Gasteiger partial charge is 0.377 e. The van der Waals surface area contributed by atoms with Crippen LogP contribution in [0.5, 0.6) is 0 Å². The lowest BCUT2D eigenvalue weighted by atomic mass is 9.80. The predicted molar refractivity (Wildman–Crippen MR) is 56.1 cm³/mol. The first-order valence-electron chi connectivity index (χ1n) is 4.74. The van der Waals surface area contributed by atoms with Crippen molar-refractivity contribution in [1.82, 2.24) is 5.32 Å². The molecule has 0 heterocycles. The van der Waals surface area contributed by atoms with E-state index in [2.05, 4.69) is 5.32 Å². The lowest BCUT2D eigenvalue weighted by molar-refractivity contribution is -0.0688. The summed E-state index contributed by atoms with van der Waals surface area (Å²) in [5, 5.41) is 3.35. The second-order valence-electron chi connectivity index (χ2n) is 3.80. The molecule has 0 aromatic carbocycles. The number of rotatable bonds is 5. The fourth-order valence-corrected chi connectivity index (χ4v) is 1.63. The highest BCUT2D eigenvalue weighted by molar-refractivity contribution is 6.25. The average Bonchev–Trinajstić information content (AvgIpc) is 2.09. The van der Waals surface area contributed by atoms with Gasteiger partial charge in [-0.2, -0.15) is 0 Å². The first-order valence-corrected chi connectivity index (χ1v) is 5.18. The molecule has 1 saturated carbocycles. The minimum atomic E-state index is 0.118. The smallest absolute Gasteiger partial charge is 0.0802 e. The zero-order valence-electron chi connectivity index (χ0n) is 8.40. The molecular formula is C10H18ClNO. The highest BCUT2D eigenvalue weighted by Crippen LogP contribution is 2.34. The number of hydrogen-bond acceptors (Lipinski definition) is 2. The third-order valence-corrected chi connectivity index (χ3v) is 3.11. The predicted octanol–water partition coefficient (Wildman–Crippen LogP) is 2.29. The van der Waals surface area contributed by atoms with Crippen LogP contribution in [0, 0.1) is 0 Å². The summed E-state index contributed by atoms with van der Waals surface area (Å²) in [7, 11) is 1.80. The Morgan fingerprint density at radius 3 is 2.69 bits per heavy atom. The second kappa shape index (κ2) is 4.99. The fourth-order valence-electron chi connectivity index (χ4n) is 1.55. The van der Waals surface area contributed by atoms with Crippen molar-refractivity contribution in [2.75, 3.05) is 20.2 Å². The monoisotopic (exact) mass is 203 g/mol. The van der Waals surface area contributed by atoms with Crippen molar-refractivity contribution in [2.45, 2.75) is 31.8 Å². The van der Waals surface area contributed by atoms with Crippen molar-refractivity contribution in [3.05, 3.63) is 11.1 Å². The summed E-state index contributed by atoms with van der Waals surface area (Å²) in [6.07, 6.45) is 3.65. The van der Waals surface area contributed by atoms with Gasteiger partial charge in [-0.3, -0.25) is 0 Å². The van der Waals surface area contributed by atoms with Crippen molar-refractivity contribution in [3.63, 3.8) is 0 Å². The van der Waals surface area contributed by atoms with Crippen LogP contribution in [-0.4, -0.2) is 25.8 Å².